The zero-order valence-electron chi connectivity index (χ0n) is 34.3. The van der Waals surface area contributed by atoms with Crippen molar-refractivity contribution in [3.05, 3.63) is 235 Å². The standard InChI is InChI=1S/C58H35N3O2S/c62-64(63)55-23-11-8-20-46(55)48-32-47-44-19-7-10-22-50(44)58(52(47)33-56(48)64)49-21-9-6-18-43(49)41-16-4-5-17-42(41)45-29-28-39(31-51(45)58)57-60-53(37-13-2-1-3-14-37)34-54(61-57)38-26-24-36(25-27-38)40-15-12-30-59-35-40/h1-35H. The Kier molecular flexibility index (Phi) is 7.84. The van der Waals surface area contributed by atoms with Crippen LogP contribution in [-0.2, 0) is 15.3 Å². The van der Waals surface area contributed by atoms with E-state index in [4.69, 9.17) is 9.97 Å². The van der Waals surface area contributed by atoms with Crippen LogP contribution in [0.1, 0.15) is 22.3 Å². The van der Waals surface area contributed by atoms with Crippen molar-refractivity contribution in [3.8, 4) is 89.5 Å². The van der Waals surface area contributed by atoms with Crippen molar-refractivity contribution < 1.29 is 8.42 Å². The molecule has 0 N–H and O–H groups in total. The van der Waals surface area contributed by atoms with Gasteiger partial charge in [-0.15, -0.1) is 0 Å². The summed E-state index contributed by atoms with van der Waals surface area (Å²) < 4.78 is 29.1. The predicted molar refractivity (Wildman–Crippen MR) is 254 cm³/mol. The van der Waals surface area contributed by atoms with Gasteiger partial charge in [0.15, 0.2) is 5.82 Å². The van der Waals surface area contributed by atoms with E-state index in [1.165, 1.54) is 0 Å². The van der Waals surface area contributed by atoms with Crippen LogP contribution in [0.2, 0.25) is 0 Å². The molecule has 13 rings (SSSR count). The first-order valence-corrected chi connectivity index (χ1v) is 22.9. The van der Waals surface area contributed by atoms with Gasteiger partial charge < -0.3 is 0 Å². The van der Waals surface area contributed by atoms with Crippen LogP contribution in [0.4, 0.5) is 0 Å². The molecule has 1 atom stereocenters. The maximum atomic E-state index is 14.6. The minimum absolute atomic E-state index is 0.342. The lowest BCUT2D eigenvalue weighted by atomic mass is 9.65. The minimum Gasteiger partial charge on any atom is -0.264 e. The van der Waals surface area contributed by atoms with Gasteiger partial charge in [0.2, 0.25) is 9.84 Å². The second-order valence-corrected chi connectivity index (χ2v) is 18.6. The molecule has 8 aromatic carbocycles. The van der Waals surface area contributed by atoms with Crippen LogP contribution in [0.5, 0.6) is 0 Å². The monoisotopic (exact) mass is 837 g/mol. The van der Waals surface area contributed by atoms with Crippen LogP contribution in [0.25, 0.3) is 89.5 Å². The molecule has 0 amide bonds. The molecule has 6 heteroatoms. The molecular formula is C58H35N3O2S. The summed E-state index contributed by atoms with van der Waals surface area (Å²) in [6, 6.07) is 68.8. The summed E-state index contributed by atoms with van der Waals surface area (Å²) in [5.74, 6) is 0.593. The van der Waals surface area contributed by atoms with Gasteiger partial charge in [0.05, 0.1) is 26.6 Å². The van der Waals surface area contributed by atoms with Gasteiger partial charge in [-0.3, -0.25) is 4.98 Å². The van der Waals surface area contributed by atoms with E-state index in [9.17, 15) is 8.42 Å². The summed E-state index contributed by atoms with van der Waals surface area (Å²) in [6.45, 7) is 0. The normalized spacial score (nSPS) is 15.5. The smallest absolute Gasteiger partial charge is 0.207 e. The molecule has 2 aromatic heterocycles. The maximum absolute atomic E-state index is 14.6. The summed E-state index contributed by atoms with van der Waals surface area (Å²) in [4.78, 5) is 15.7. The molecule has 0 radical (unpaired) electrons. The van der Waals surface area contributed by atoms with Gasteiger partial charge in [-0.05, 0) is 103 Å². The van der Waals surface area contributed by atoms with E-state index in [0.29, 0.717) is 15.6 Å². The Morgan fingerprint density at radius 2 is 0.875 bits per heavy atom. The Balaban J connectivity index is 1.10. The highest BCUT2D eigenvalue weighted by Crippen LogP contribution is 2.63. The number of sulfone groups is 1. The fourth-order valence-corrected chi connectivity index (χ4v) is 12.3. The van der Waals surface area contributed by atoms with Crippen molar-refractivity contribution in [2.45, 2.75) is 15.2 Å². The number of hydrogen-bond acceptors (Lipinski definition) is 5. The van der Waals surface area contributed by atoms with Crippen molar-refractivity contribution in [1.29, 1.82) is 0 Å². The highest BCUT2D eigenvalue weighted by Gasteiger charge is 2.51. The number of rotatable bonds is 4. The first kappa shape index (κ1) is 36.6. The second-order valence-electron chi connectivity index (χ2n) is 16.7. The number of aromatic nitrogens is 3. The van der Waals surface area contributed by atoms with E-state index in [2.05, 4.69) is 151 Å². The molecule has 0 saturated carbocycles. The van der Waals surface area contributed by atoms with E-state index < -0.39 is 15.3 Å². The van der Waals surface area contributed by atoms with E-state index in [1.54, 1.807) is 18.3 Å². The quantitative estimate of drug-likeness (QED) is 0.177. The minimum atomic E-state index is -3.80. The molecular weight excluding hydrogens is 803 g/mol. The van der Waals surface area contributed by atoms with Crippen molar-refractivity contribution >= 4 is 9.84 Å². The first-order chi connectivity index (χ1) is 31.5. The van der Waals surface area contributed by atoms with Crippen LogP contribution in [-0.4, -0.2) is 23.4 Å². The number of benzene rings is 8. The first-order valence-electron chi connectivity index (χ1n) is 21.4. The molecule has 0 bridgehead atoms. The van der Waals surface area contributed by atoms with Gasteiger partial charge in [0.1, 0.15) is 0 Å². The molecule has 300 valence electrons. The van der Waals surface area contributed by atoms with Crippen LogP contribution in [0.3, 0.4) is 0 Å². The van der Waals surface area contributed by atoms with Gasteiger partial charge in [-0.25, -0.2) is 18.4 Å². The van der Waals surface area contributed by atoms with E-state index in [-0.39, 0.29) is 0 Å². The molecule has 1 unspecified atom stereocenters. The predicted octanol–water partition coefficient (Wildman–Crippen LogP) is 13.4. The molecule has 1 spiro atoms. The number of pyridine rings is 1. The molecule has 10 aromatic rings. The Hall–Kier alpha value is -8.06. The third-order valence-corrected chi connectivity index (χ3v) is 15.2. The maximum Gasteiger partial charge on any atom is 0.207 e. The van der Waals surface area contributed by atoms with Gasteiger partial charge >= 0.3 is 0 Å². The number of hydrogen-bond donors (Lipinski definition) is 0. The van der Waals surface area contributed by atoms with Crippen LogP contribution in [0.15, 0.2) is 222 Å². The lowest BCUT2D eigenvalue weighted by Gasteiger charge is -2.35. The Bertz CT molecular complexity index is 3680. The third-order valence-electron chi connectivity index (χ3n) is 13.4. The van der Waals surface area contributed by atoms with Gasteiger partial charge in [0, 0.05) is 40.2 Å². The van der Waals surface area contributed by atoms with Crippen molar-refractivity contribution in [3.63, 3.8) is 0 Å². The summed E-state index contributed by atoms with van der Waals surface area (Å²) in [7, 11) is -3.80. The molecule has 2 aliphatic carbocycles. The molecule has 3 heterocycles. The summed E-state index contributed by atoms with van der Waals surface area (Å²) in [5.41, 5.74) is 17.8. The van der Waals surface area contributed by atoms with Gasteiger partial charge in [-0.1, -0.05) is 164 Å². The molecule has 5 nitrogen and oxygen atoms in total. The van der Waals surface area contributed by atoms with Crippen LogP contribution in [0, 0.1) is 0 Å². The number of fused-ring (bicyclic) bond motifs is 15. The van der Waals surface area contributed by atoms with E-state index >= 15 is 0 Å². The van der Waals surface area contributed by atoms with Crippen LogP contribution >= 0.6 is 0 Å². The lowest BCUT2D eigenvalue weighted by Crippen LogP contribution is -2.29. The average Bonchev–Trinajstić information content (AvgIpc) is 3.73. The van der Waals surface area contributed by atoms with Crippen molar-refractivity contribution in [1.82, 2.24) is 15.0 Å². The van der Waals surface area contributed by atoms with Gasteiger partial charge in [0.25, 0.3) is 0 Å². The summed E-state index contributed by atoms with van der Waals surface area (Å²) in [6.07, 6.45) is 3.66. The fourth-order valence-electron chi connectivity index (χ4n) is 10.6. The average molecular weight is 838 g/mol. The summed E-state index contributed by atoms with van der Waals surface area (Å²) in [5, 5.41) is 0. The molecule has 0 saturated heterocycles. The lowest BCUT2D eigenvalue weighted by molar-refractivity contribution is 0.598. The Morgan fingerprint density at radius 3 is 1.56 bits per heavy atom. The summed E-state index contributed by atoms with van der Waals surface area (Å²) >= 11 is 0. The third kappa shape index (κ3) is 5.17. The molecule has 3 aliphatic rings. The second kappa shape index (κ2) is 13.7. The number of nitrogens with zero attached hydrogens (tertiary/aromatic N) is 3. The van der Waals surface area contributed by atoms with Gasteiger partial charge in [-0.2, -0.15) is 0 Å². The molecule has 1 aliphatic heterocycles. The zero-order valence-corrected chi connectivity index (χ0v) is 35.1. The fraction of sp³-hybridized carbons (Fsp3) is 0.0172. The molecule has 64 heavy (non-hydrogen) atoms. The topological polar surface area (TPSA) is 72.8 Å². The van der Waals surface area contributed by atoms with E-state index in [0.717, 1.165) is 106 Å². The molecule has 0 fully saturated rings. The highest BCUT2D eigenvalue weighted by atomic mass is 32.2. The largest absolute Gasteiger partial charge is 0.264 e. The van der Waals surface area contributed by atoms with E-state index in [1.807, 2.05) is 48.7 Å². The van der Waals surface area contributed by atoms with Crippen LogP contribution < -0.4 is 0 Å². The Morgan fingerprint density at radius 1 is 0.344 bits per heavy atom. The zero-order chi connectivity index (χ0) is 42.6. The SMILES string of the molecule is O=S1(=O)c2ccccc2-c2cc3c(cc21)C1(c2ccccc2-c2ccccc2-c2ccc(-c4nc(-c5ccccc5)cc(-c5ccc(-c6cccnc6)cc5)n4)cc21)c1ccccc1-3. The highest BCUT2D eigenvalue weighted by molar-refractivity contribution is 7.92. The van der Waals surface area contributed by atoms with Crippen molar-refractivity contribution in [2.24, 2.45) is 0 Å². The van der Waals surface area contributed by atoms with Crippen molar-refractivity contribution in [2.75, 3.05) is 0 Å². The Labute approximate surface area is 371 Å².